The third-order valence-corrected chi connectivity index (χ3v) is 9.85. The van der Waals surface area contributed by atoms with Crippen molar-refractivity contribution >= 4 is 55.1 Å². The molecule has 244 valence electrons. The molecule has 0 saturated carbocycles. The van der Waals surface area contributed by atoms with Crippen molar-refractivity contribution in [2.75, 3.05) is 23.1 Å². The fraction of sp³-hybridized carbons (Fsp3) is 0.467. The molecule has 0 spiro atoms. The number of Topliss-reactive ketones (excluding diaryl/α,β-unsaturated/α-hetero) is 2. The number of alkyl carbamates (subject to hydrolysis) is 1. The Morgan fingerprint density at radius 1 is 1.11 bits per heavy atom. The summed E-state index contributed by atoms with van der Waals surface area (Å²) in [6, 6.07) is 10.6. The lowest BCUT2D eigenvalue weighted by molar-refractivity contribution is -0.125. The van der Waals surface area contributed by atoms with E-state index < -0.39 is 54.8 Å². The number of anilines is 2. The van der Waals surface area contributed by atoms with Crippen LogP contribution >= 0.6 is 0 Å². The predicted octanol–water partition coefficient (Wildman–Crippen LogP) is 3.75. The van der Waals surface area contributed by atoms with Gasteiger partial charge in [-0.25, -0.2) is 4.79 Å². The highest BCUT2D eigenvalue weighted by Gasteiger charge is 2.51. The normalized spacial score (nSPS) is 20.9. The minimum Gasteiger partial charge on any atom is -0.444 e. The molecule has 0 bridgehead atoms. The van der Waals surface area contributed by atoms with E-state index in [0.717, 1.165) is 6.07 Å². The van der Waals surface area contributed by atoms with E-state index in [1.807, 2.05) is 13.8 Å². The van der Waals surface area contributed by atoms with Gasteiger partial charge >= 0.3 is 6.09 Å². The molecule has 2 atom stereocenters. The quantitative estimate of drug-likeness (QED) is 0.217. The molecule has 1 heterocycles. The Morgan fingerprint density at radius 2 is 1.80 bits per heavy atom. The highest BCUT2D eigenvalue weighted by molar-refractivity contribution is 7.91. The number of nitrogens with one attached hydrogen (secondary N) is 4. The molecule has 2 aromatic carbocycles. The summed E-state index contributed by atoms with van der Waals surface area (Å²) in [7, 11) is -8.61. The van der Waals surface area contributed by atoms with Crippen molar-refractivity contribution in [1.82, 2.24) is 10.0 Å². The summed E-state index contributed by atoms with van der Waals surface area (Å²) in [6.45, 7) is 10.7. The lowest BCUT2D eigenvalue weighted by Crippen LogP contribution is -2.51. The summed E-state index contributed by atoms with van der Waals surface area (Å²) >= 11 is 0. The smallest absolute Gasteiger partial charge is 0.407 e. The fourth-order valence-corrected chi connectivity index (χ4v) is 7.27. The number of rotatable bonds is 10. The second-order valence-electron chi connectivity index (χ2n) is 12.7. The molecule has 0 saturated heterocycles. The van der Waals surface area contributed by atoms with Crippen molar-refractivity contribution in [2.45, 2.75) is 70.3 Å². The number of amides is 1. The zero-order chi connectivity index (χ0) is 33.4. The van der Waals surface area contributed by atoms with Crippen molar-refractivity contribution in [3.05, 3.63) is 53.6 Å². The van der Waals surface area contributed by atoms with Crippen LogP contribution < -0.4 is 20.1 Å². The van der Waals surface area contributed by atoms with Crippen LogP contribution in [0, 0.1) is 11.8 Å². The molecule has 15 heteroatoms. The number of hydrogen-bond acceptors (Lipinski definition) is 9. The van der Waals surface area contributed by atoms with E-state index in [0.29, 0.717) is 29.9 Å². The van der Waals surface area contributed by atoms with E-state index >= 15 is 0 Å². The molecule has 0 aromatic heterocycles. The largest absolute Gasteiger partial charge is 0.444 e. The first-order valence-corrected chi connectivity index (χ1v) is 17.4. The Kier molecular flexibility index (Phi) is 9.48. The van der Waals surface area contributed by atoms with Gasteiger partial charge in [-0.2, -0.15) is 21.6 Å². The van der Waals surface area contributed by atoms with Crippen molar-refractivity contribution < 1.29 is 36.0 Å². The van der Waals surface area contributed by atoms with Gasteiger partial charge in [-0.05, 0) is 70.2 Å². The summed E-state index contributed by atoms with van der Waals surface area (Å²) < 4.78 is 65.2. The van der Waals surface area contributed by atoms with Gasteiger partial charge in [0.25, 0.3) is 20.2 Å². The predicted molar refractivity (Wildman–Crippen MR) is 170 cm³/mol. The van der Waals surface area contributed by atoms with Gasteiger partial charge in [-0.3, -0.25) is 14.3 Å². The van der Waals surface area contributed by atoms with Gasteiger partial charge in [0, 0.05) is 18.7 Å². The van der Waals surface area contributed by atoms with Crippen LogP contribution in [0.25, 0.3) is 0 Å². The summed E-state index contributed by atoms with van der Waals surface area (Å²) in [5.41, 5.74) is -0.822. The van der Waals surface area contributed by atoms with Crippen molar-refractivity contribution in [1.29, 1.82) is 0 Å². The molecule has 1 aliphatic heterocycles. The number of nitrogens with zero attached hydrogens (tertiary/aromatic N) is 1. The molecule has 45 heavy (non-hydrogen) atoms. The molecule has 4 N–H and O–H groups in total. The number of hydrogen-bond donors (Lipinski definition) is 4. The van der Waals surface area contributed by atoms with Gasteiger partial charge in [0.15, 0.2) is 11.6 Å². The molecular weight excluding hydrogens is 622 g/mol. The summed E-state index contributed by atoms with van der Waals surface area (Å²) in [5, 5.41) is 5.28. The van der Waals surface area contributed by atoms with Crippen LogP contribution in [0.2, 0.25) is 0 Å². The number of fused-ring (bicyclic) bond motifs is 2. The van der Waals surface area contributed by atoms with E-state index in [2.05, 4.69) is 24.5 Å². The number of ketones is 2. The van der Waals surface area contributed by atoms with E-state index in [-0.39, 0.29) is 35.2 Å². The van der Waals surface area contributed by atoms with E-state index in [1.165, 1.54) is 12.1 Å². The summed E-state index contributed by atoms with van der Waals surface area (Å²) in [5.74, 6) is -2.44. The lowest BCUT2D eigenvalue weighted by atomic mass is 9.63. The average molecular weight is 662 g/mol. The SMILES string of the molecule is CC(C)CCC1(C)C(=O)C(C2=NS(=O)(=O)c3cc(NS(=O)(=O)NCCNC(=O)OC(C)(C)C)ccc3N2)C(=O)c2ccccc21. The Morgan fingerprint density at radius 3 is 2.47 bits per heavy atom. The molecule has 0 radical (unpaired) electrons. The molecule has 13 nitrogen and oxygen atoms in total. The Bertz CT molecular complexity index is 1760. The van der Waals surface area contributed by atoms with E-state index in [4.69, 9.17) is 4.74 Å². The maximum Gasteiger partial charge on any atom is 0.407 e. The maximum absolute atomic E-state index is 14.0. The van der Waals surface area contributed by atoms with Crippen LogP contribution in [0.4, 0.5) is 16.2 Å². The van der Waals surface area contributed by atoms with Crippen LogP contribution in [-0.4, -0.2) is 59.0 Å². The molecule has 4 rings (SSSR count). The molecule has 0 fully saturated rings. The number of carbonyl (C=O) groups is 3. The average Bonchev–Trinajstić information content (AvgIpc) is 2.92. The Balaban J connectivity index is 1.53. The minimum atomic E-state index is -4.45. The maximum atomic E-state index is 14.0. The van der Waals surface area contributed by atoms with Gasteiger partial charge in [-0.15, -0.1) is 4.40 Å². The van der Waals surface area contributed by atoms with Crippen molar-refractivity contribution in [2.24, 2.45) is 16.2 Å². The van der Waals surface area contributed by atoms with Gasteiger partial charge < -0.3 is 15.4 Å². The van der Waals surface area contributed by atoms with Gasteiger partial charge in [0.05, 0.1) is 16.8 Å². The number of amidine groups is 1. The molecule has 2 unspecified atom stereocenters. The van der Waals surface area contributed by atoms with E-state index in [1.54, 1.807) is 52.0 Å². The summed E-state index contributed by atoms with van der Waals surface area (Å²) in [6.07, 6.45) is 0.477. The second kappa shape index (κ2) is 12.5. The topological polar surface area (TPSA) is 189 Å². The van der Waals surface area contributed by atoms with Gasteiger partial charge in [-0.1, -0.05) is 38.1 Å². The fourth-order valence-electron chi connectivity index (χ4n) is 5.21. The zero-order valence-corrected chi connectivity index (χ0v) is 27.7. The van der Waals surface area contributed by atoms with Gasteiger partial charge in [0.1, 0.15) is 22.3 Å². The van der Waals surface area contributed by atoms with Crippen LogP contribution in [0.3, 0.4) is 0 Å². The molecule has 1 amide bonds. The first kappa shape index (κ1) is 34.1. The molecule has 2 aromatic rings. The van der Waals surface area contributed by atoms with Crippen LogP contribution in [0.1, 0.15) is 70.3 Å². The summed E-state index contributed by atoms with van der Waals surface area (Å²) in [4.78, 5) is 39.1. The number of carbonyl (C=O) groups excluding carboxylic acids is 3. The number of benzene rings is 2. The number of ether oxygens (including phenoxy) is 1. The van der Waals surface area contributed by atoms with Crippen LogP contribution in [0.5, 0.6) is 0 Å². The lowest BCUT2D eigenvalue weighted by Gasteiger charge is -2.39. The Labute approximate surface area is 263 Å². The Hall–Kier alpha value is -3.82. The third-order valence-electron chi connectivity index (χ3n) is 7.43. The minimum absolute atomic E-state index is 0.0424. The first-order valence-electron chi connectivity index (χ1n) is 14.5. The molecular formula is C30H39N5O8S2. The molecule has 1 aliphatic carbocycles. The van der Waals surface area contributed by atoms with E-state index in [9.17, 15) is 31.2 Å². The zero-order valence-electron chi connectivity index (χ0n) is 26.1. The first-order chi connectivity index (χ1) is 20.8. The highest BCUT2D eigenvalue weighted by Crippen LogP contribution is 2.43. The second-order valence-corrected chi connectivity index (χ2v) is 15.8. The standard InChI is InChI=1S/C30H39N5O8S2/c1-18(2)13-14-30(6)21-10-8-7-9-20(21)25(36)24(26(30)37)27-33-22-12-11-19(17-23(22)44(39,40)35-27)34-45(41,42)32-16-15-31-28(38)43-29(3,4)5/h7-12,17-18,24,32,34H,13-16H2,1-6H3,(H,31,38)(H,33,35). The monoisotopic (exact) mass is 661 g/mol. The third kappa shape index (κ3) is 7.71. The number of sulfonamides is 1. The van der Waals surface area contributed by atoms with Gasteiger partial charge in [0.2, 0.25) is 0 Å². The van der Waals surface area contributed by atoms with Crippen molar-refractivity contribution in [3.8, 4) is 0 Å². The van der Waals surface area contributed by atoms with Crippen LogP contribution in [-0.2, 0) is 35.2 Å². The van der Waals surface area contributed by atoms with Crippen LogP contribution in [0.15, 0.2) is 51.8 Å². The highest BCUT2D eigenvalue weighted by atomic mass is 32.2. The molecule has 2 aliphatic rings. The van der Waals surface area contributed by atoms with Crippen molar-refractivity contribution in [3.63, 3.8) is 0 Å².